The van der Waals surface area contributed by atoms with E-state index >= 15 is 0 Å². The number of aliphatic imine (C=N–C) groups is 2. The number of rotatable bonds is 6. The average molecular weight is 470 g/mol. The van der Waals surface area contributed by atoms with Crippen LogP contribution in [-0.2, 0) is 24.3 Å². The van der Waals surface area contributed by atoms with Crippen LogP contribution in [0.2, 0.25) is 0 Å². The number of hydroxylamine groups is 2. The topological polar surface area (TPSA) is 148 Å². The fraction of sp³-hybridized carbons (Fsp3) is 0.286. The molecule has 0 radical (unpaired) electrons. The minimum atomic E-state index is -4.58. The smallest absolute Gasteiger partial charge is 0.365 e. The number of methoxy groups -OCH3 is 2. The van der Waals surface area contributed by atoms with E-state index in [1.807, 2.05) is 5.32 Å². The third kappa shape index (κ3) is 5.52. The molecule has 1 aromatic carbocycles. The van der Waals surface area contributed by atoms with Crippen LogP contribution in [0, 0.1) is 0 Å². The summed E-state index contributed by atoms with van der Waals surface area (Å²) in [5.74, 6) is -0.961. The molecule has 0 fully saturated rings. The Hall–Kier alpha value is -3.04. The number of amidine groups is 2. The highest BCUT2D eigenvalue weighted by Crippen LogP contribution is 2.17. The summed E-state index contributed by atoms with van der Waals surface area (Å²) in [6.07, 6.45) is -1.76. The maximum absolute atomic E-state index is 12.6. The van der Waals surface area contributed by atoms with Gasteiger partial charge in [0, 0.05) is 0 Å². The summed E-state index contributed by atoms with van der Waals surface area (Å²) in [6, 6.07) is 3.10. The van der Waals surface area contributed by atoms with E-state index in [-0.39, 0.29) is 10.6 Å². The molecular formula is C14H14ClF2N5O7S. The van der Waals surface area contributed by atoms with Crippen molar-refractivity contribution in [3.05, 3.63) is 29.8 Å². The molecule has 30 heavy (non-hydrogen) atoms. The van der Waals surface area contributed by atoms with E-state index < -0.39 is 51.1 Å². The van der Waals surface area contributed by atoms with Crippen LogP contribution in [0.3, 0.4) is 0 Å². The monoisotopic (exact) mass is 469 g/mol. The third-order valence-corrected chi connectivity index (χ3v) is 4.91. The molecule has 1 heterocycles. The Morgan fingerprint density at radius 2 is 1.93 bits per heavy atom. The van der Waals surface area contributed by atoms with Gasteiger partial charge in [-0.05, 0) is 23.7 Å². The first kappa shape index (κ1) is 23.2. The maximum Gasteiger partial charge on any atom is 0.365 e. The molecule has 0 saturated heterocycles. The number of sulfonamides is 1. The molecule has 0 saturated carbocycles. The van der Waals surface area contributed by atoms with Crippen molar-refractivity contribution in [1.82, 2.24) is 15.1 Å². The number of nitrogens with zero attached hydrogens (tertiary/aromatic N) is 3. The first-order valence-electron chi connectivity index (χ1n) is 7.70. The van der Waals surface area contributed by atoms with Crippen molar-refractivity contribution in [2.45, 2.75) is 17.8 Å². The maximum atomic E-state index is 12.6. The molecule has 1 aliphatic heterocycles. The van der Waals surface area contributed by atoms with Gasteiger partial charge in [-0.3, -0.25) is 5.32 Å². The standard InChI is InChI=1S/C14H14ClF2N5O7S/c1-27-9(23)7-5-3-4-6-8(7)30(25,26)21-13(24)19-12-20-14(28-2)18-10(15)22(12)29-11(16)17/h3-6,11-12H,1-2H3,(H2,19,21,24). The summed E-state index contributed by atoms with van der Waals surface area (Å²) in [7, 11) is -2.40. The molecular weight excluding hydrogens is 456 g/mol. The second kappa shape index (κ2) is 9.64. The van der Waals surface area contributed by atoms with E-state index in [0.717, 1.165) is 20.3 Å². The number of nitrogens with one attached hydrogen (secondary N) is 2. The van der Waals surface area contributed by atoms with Crippen LogP contribution in [0.25, 0.3) is 0 Å². The first-order chi connectivity index (χ1) is 14.1. The van der Waals surface area contributed by atoms with E-state index in [2.05, 4.69) is 19.6 Å². The lowest BCUT2D eigenvalue weighted by Gasteiger charge is -2.30. The van der Waals surface area contributed by atoms with Crippen LogP contribution < -0.4 is 10.0 Å². The molecule has 2 rings (SSSR count). The highest BCUT2D eigenvalue weighted by Gasteiger charge is 2.33. The van der Waals surface area contributed by atoms with Gasteiger partial charge in [-0.1, -0.05) is 12.1 Å². The van der Waals surface area contributed by atoms with E-state index in [1.165, 1.54) is 18.2 Å². The molecule has 0 spiro atoms. The molecule has 16 heteroatoms. The third-order valence-electron chi connectivity index (χ3n) is 3.27. The SMILES string of the molecule is COC(=O)c1ccccc1S(=O)(=O)NC(=O)NC1N=C(OC)N=C(Cl)N1OC(F)F. The lowest BCUT2D eigenvalue weighted by Crippen LogP contribution is -2.54. The highest BCUT2D eigenvalue weighted by atomic mass is 35.5. The van der Waals surface area contributed by atoms with Crippen LogP contribution in [0.5, 0.6) is 0 Å². The van der Waals surface area contributed by atoms with Crippen molar-refractivity contribution < 1.29 is 41.1 Å². The van der Waals surface area contributed by atoms with Crippen molar-refractivity contribution in [3.63, 3.8) is 0 Å². The molecule has 1 aromatic rings. The Morgan fingerprint density at radius 3 is 2.53 bits per heavy atom. The van der Waals surface area contributed by atoms with Gasteiger partial charge in [0.25, 0.3) is 10.0 Å². The zero-order valence-electron chi connectivity index (χ0n) is 15.2. The lowest BCUT2D eigenvalue weighted by atomic mass is 10.2. The minimum Gasteiger partial charge on any atom is -0.467 e. The van der Waals surface area contributed by atoms with Gasteiger partial charge in [0.15, 0.2) is 0 Å². The number of halogens is 3. The Bertz CT molecular complexity index is 989. The van der Waals surface area contributed by atoms with Gasteiger partial charge < -0.3 is 9.47 Å². The minimum absolute atomic E-state index is 0.226. The number of carbonyl (C=O) groups excluding carboxylic acids is 2. The number of urea groups is 1. The van der Waals surface area contributed by atoms with Crippen LogP contribution in [-0.4, -0.2) is 63.9 Å². The van der Waals surface area contributed by atoms with Gasteiger partial charge in [0.2, 0.25) is 11.6 Å². The normalized spacial score (nSPS) is 16.5. The predicted octanol–water partition coefficient (Wildman–Crippen LogP) is 0.812. The van der Waals surface area contributed by atoms with Gasteiger partial charge in [0.05, 0.1) is 19.8 Å². The zero-order valence-corrected chi connectivity index (χ0v) is 16.8. The van der Waals surface area contributed by atoms with Gasteiger partial charge in [0.1, 0.15) is 4.90 Å². The number of ether oxygens (including phenoxy) is 2. The zero-order chi connectivity index (χ0) is 22.5. The van der Waals surface area contributed by atoms with Crippen LogP contribution in [0.4, 0.5) is 13.6 Å². The lowest BCUT2D eigenvalue weighted by molar-refractivity contribution is -0.263. The van der Waals surface area contributed by atoms with E-state index in [1.54, 1.807) is 4.72 Å². The largest absolute Gasteiger partial charge is 0.467 e. The number of amides is 2. The summed E-state index contributed by atoms with van der Waals surface area (Å²) in [5.41, 5.74) is -0.338. The molecule has 164 valence electrons. The molecule has 2 N–H and O–H groups in total. The van der Waals surface area contributed by atoms with Crippen molar-refractivity contribution in [2.75, 3.05) is 14.2 Å². The molecule has 1 atom stereocenters. The molecule has 1 aliphatic rings. The van der Waals surface area contributed by atoms with Crippen LogP contribution in [0.1, 0.15) is 10.4 Å². The Labute approximate surface area is 173 Å². The summed E-state index contributed by atoms with van der Waals surface area (Å²) in [5, 5.41) is 1.50. The van der Waals surface area contributed by atoms with E-state index in [0.29, 0.717) is 0 Å². The summed E-state index contributed by atoms with van der Waals surface area (Å²) >= 11 is 5.69. The summed E-state index contributed by atoms with van der Waals surface area (Å²) in [6.45, 7) is -3.36. The average Bonchev–Trinajstić information content (AvgIpc) is 2.69. The van der Waals surface area contributed by atoms with Crippen molar-refractivity contribution in [2.24, 2.45) is 9.98 Å². The number of alkyl halides is 2. The second-order valence-corrected chi connectivity index (χ2v) is 7.12. The number of hydrogen-bond donors (Lipinski definition) is 2. The van der Waals surface area contributed by atoms with Crippen LogP contribution >= 0.6 is 11.6 Å². The van der Waals surface area contributed by atoms with E-state index in [9.17, 15) is 26.8 Å². The quantitative estimate of drug-likeness (QED) is 0.459. The fourth-order valence-electron chi connectivity index (χ4n) is 2.09. The molecule has 0 bridgehead atoms. The number of benzene rings is 1. The molecule has 2 amide bonds. The van der Waals surface area contributed by atoms with Crippen molar-refractivity contribution >= 4 is 44.9 Å². The van der Waals surface area contributed by atoms with Crippen LogP contribution in [0.15, 0.2) is 39.1 Å². The van der Waals surface area contributed by atoms with E-state index in [4.69, 9.17) is 16.3 Å². The van der Waals surface area contributed by atoms with Gasteiger partial charge in [-0.15, -0.1) is 0 Å². The summed E-state index contributed by atoms with van der Waals surface area (Å²) in [4.78, 5) is 34.6. The number of carbonyl (C=O) groups is 2. The number of esters is 1. The Morgan fingerprint density at radius 1 is 1.27 bits per heavy atom. The second-order valence-electron chi connectivity index (χ2n) is 5.13. The Kier molecular flexibility index (Phi) is 7.47. The number of hydrogen-bond acceptors (Lipinski definition) is 10. The van der Waals surface area contributed by atoms with Gasteiger partial charge in [-0.25, -0.2) is 22.7 Å². The van der Waals surface area contributed by atoms with Gasteiger partial charge in [-0.2, -0.15) is 28.7 Å². The fourth-order valence-corrected chi connectivity index (χ4v) is 3.41. The summed E-state index contributed by atoms with van der Waals surface area (Å²) < 4.78 is 61.1. The molecule has 0 aromatic heterocycles. The van der Waals surface area contributed by atoms with Crippen molar-refractivity contribution in [1.29, 1.82) is 0 Å². The predicted molar refractivity (Wildman–Crippen MR) is 97.1 cm³/mol. The molecule has 1 unspecified atom stereocenters. The van der Waals surface area contributed by atoms with Crippen molar-refractivity contribution in [3.8, 4) is 0 Å². The molecule has 0 aliphatic carbocycles. The Balaban J connectivity index is 2.24. The molecule has 12 nitrogen and oxygen atoms in total. The first-order valence-corrected chi connectivity index (χ1v) is 9.56. The highest BCUT2D eigenvalue weighted by molar-refractivity contribution is 7.90. The van der Waals surface area contributed by atoms with Gasteiger partial charge >= 0.3 is 24.6 Å².